The van der Waals surface area contributed by atoms with Gasteiger partial charge in [0.2, 0.25) is 0 Å². The molecule has 0 aromatic heterocycles. The minimum Gasteiger partial charge on any atom is -0.393 e. The standard InChI is InChI=1S/C10H14O5S/c1-5-3-16(13,14)4-7(5)8-6(2)9(11)15-10(8)12/h5-8H,3-4H2,1-2H3. The number of sulfone groups is 1. The predicted molar refractivity (Wildman–Crippen MR) is 55.1 cm³/mol. The summed E-state index contributed by atoms with van der Waals surface area (Å²) in [4.78, 5) is 22.7. The Morgan fingerprint density at radius 2 is 1.75 bits per heavy atom. The van der Waals surface area contributed by atoms with Gasteiger partial charge in [-0.2, -0.15) is 0 Å². The van der Waals surface area contributed by atoms with E-state index in [1.165, 1.54) is 0 Å². The first-order valence-electron chi connectivity index (χ1n) is 5.28. The van der Waals surface area contributed by atoms with E-state index < -0.39 is 33.6 Å². The molecule has 0 aliphatic carbocycles. The lowest BCUT2D eigenvalue weighted by atomic mass is 9.79. The van der Waals surface area contributed by atoms with Crippen LogP contribution in [0.4, 0.5) is 0 Å². The Morgan fingerprint density at radius 1 is 1.12 bits per heavy atom. The van der Waals surface area contributed by atoms with E-state index in [1.807, 2.05) is 0 Å². The molecule has 0 amide bonds. The summed E-state index contributed by atoms with van der Waals surface area (Å²) < 4.78 is 27.5. The SMILES string of the molecule is CC1CS(=O)(=O)CC1C1C(=O)OC(=O)C1C. The molecule has 0 aromatic rings. The van der Waals surface area contributed by atoms with Crippen LogP contribution in [0.1, 0.15) is 13.8 Å². The summed E-state index contributed by atoms with van der Waals surface area (Å²) in [5.74, 6) is -2.48. The zero-order valence-corrected chi connectivity index (χ0v) is 9.99. The second kappa shape index (κ2) is 3.55. The van der Waals surface area contributed by atoms with Gasteiger partial charge in [0.25, 0.3) is 0 Å². The second-order valence-electron chi connectivity index (χ2n) is 4.77. The Balaban J connectivity index is 2.26. The largest absolute Gasteiger partial charge is 0.393 e. The average molecular weight is 246 g/mol. The fraction of sp³-hybridized carbons (Fsp3) is 0.800. The predicted octanol–water partition coefficient (Wildman–Crippen LogP) is 0.00280. The highest BCUT2D eigenvalue weighted by atomic mass is 32.2. The van der Waals surface area contributed by atoms with E-state index >= 15 is 0 Å². The van der Waals surface area contributed by atoms with Crippen molar-refractivity contribution in [1.82, 2.24) is 0 Å². The molecular formula is C10H14O5S. The Bertz CT molecular complexity index is 438. The van der Waals surface area contributed by atoms with E-state index in [4.69, 9.17) is 0 Å². The normalized spacial score (nSPS) is 42.4. The summed E-state index contributed by atoms with van der Waals surface area (Å²) >= 11 is 0. The molecule has 2 heterocycles. The molecular weight excluding hydrogens is 232 g/mol. The maximum absolute atomic E-state index is 11.5. The van der Waals surface area contributed by atoms with Gasteiger partial charge in [0.05, 0.1) is 23.3 Å². The van der Waals surface area contributed by atoms with Crippen LogP contribution >= 0.6 is 0 Å². The minimum absolute atomic E-state index is 0.00838. The lowest BCUT2D eigenvalue weighted by Gasteiger charge is -2.19. The summed E-state index contributed by atoms with van der Waals surface area (Å²) in [6.45, 7) is 3.42. The molecule has 2 fully saturated rings. The van der Waals surface area contributed by atoms with Crippen molar-refractivity contribution in [2.24, 2.45) is 23.7 Å². The Labute approximate surface area is 94.1 Å². The van der Waals surface area contributed by atoms with E-state index in [1.54, 1.807) is 13.8 Å². The topological polar surface area (TPSA) is 77.5 Å². The van der Waals surface area contributed by atoms with Crippen LogP contribution in [0.25, 0.3) is 0 Å². The lowest BCUT2D eigenvalue weighted by molar-refractivity contribution is -0.154. The number of ether oxygens (including phenoxy) is 1. The van der Waals surface area contributed by atoms with Crippen LogP contribution in [0.3, 0.4) is 0 Å². The fourth-order valence-corrected chi connectivity index (χ4v) is 4.97. The number of hydrogen-bond acceptors (Lipinski definition) is 5. The molecule has 4 unspecified atom stereocenters. The zero-order chi connectivity index (χ0) is 12.1. The maximum Gasteiger partial charge on any atom is 0.317 e. The van der Waals surface area contributed by atoms with Gasteiger partial charge in [-0.3, -0.25) is 9.59 Å². The molecule has 4 atom stereocenters. The summed E-state index contributed by atoms with van der Waals surface area (Å²) in [7, 11) is -3.07. The molecule has 0 spiro atoms. The fourth-order valence-electron chi connectivity index (χ4n) is 2.66. The van der Waals surface area contributed by atoms with Crippen molar-refractivity contribution in [2.45, 2.75) is 13.8 Å². The number of carbonyl (C=O) groups excluding carboxylic acids is 2. The molecule has 2 rings (SSSR count). The van der Waals surface area contributed by atoms with Gasteiger partial charge < -0.3 is 4.74 Å². The van der Waals surface area contributed by atoms with Gasteiger partial charge in [-0.15, -0.1) is 0 Å². The molecule has 2 aliphatic rings. The van der Waals surface area contributed by atoms with E-state index in [-0.39, 0.29) is 23.3 Å². The van der Waals surface area contributed by atoms with E-state index in [0.29, 0.717) is 0 Å². The van der Waals surface area contributed by atoms with Crippen LogP contribution < -0.4 is 0 Å². The number of rotatable bonds is 1. The van der Waals surface area contributed by atoms with Crippen LogP contribution in [-0.4, -0.2) is 31.9 Å². The molecule has 5 nitrogen and oxygen atoms in total. The van der Waals surface area contributed by atoms with Crippen LogP contribution in [0.15, 0.2) is 0 Å². The highest BCUT2D eigenvalue weighted by Crippen LogP contribution is 2.39. The Hall–Kier alpha value is -0.910. The van der Waals surface area contributed by atoms with Gasteiger partial charge in [0.1, 0.15) is 0 Å². The zero-order valence-electron chi connectivity index (χ0n) is 9.17. The van der Waals surface area contributed by atoms with Crippen molar-refractivity contribution in [2.75, 3.05) is 11.5 Å². The van der Waals surface area contributed by atoms with E-state index in [2.05, 4.69) is 4.74 Å². The number of carbonyl (C=O) groups is 2. The molecule has 0 radical (unpaired) electrons. The van der Waals surface area contributed by atoms with Crippen molar-refractivity contribution < 1.29 is 22.7 Å². The molecule has 2 saturated heterocycles. The summed E-state index contributed by atoms with van der Waals surface area (Å²) in [5.41, 5.74) is 0. The molecule has 90 valence electrons. The lowest BCUT2D eigenvalue weighted by Crippen LogP contribution is -2.29. The minimum atomic E-state index is -3.07. The van der Waals surface area contributed by atoms with Crippen molar-refractivity contribution in [3.8, 4) is 0 Å². The van der Waals surface area contributed by atoms with Crippen molar-refractivity contribution >= 4 is 21.8 Å². The molecule has 6 heteroatoms. The third kappa shape index (κ3) is 1.75. The number of esters is 2. The molecule has 2 aliphatic heterocycles. The van der Waals surface area contributed by atoms with Gasteiger partial charge in [0, 0.05) is 0 Å². The third-order valence-corrected chi connectivity index (χ3v) is 5.47. The number of cyclic esters (lactones) is 2. The first kappa shape index (κ1) is 11.6. The van der Waals surface area contributed by atoms with Crippen molar-refractivity contribution in [3.05, 3.63) is 0 Å². The summed E-state index contributed by atoms with van der Waals surface area (Å²) in [6, 6.07) is 0. The first-order chi connectivity index (χ1) is 7.32. The van der Waals surface area contributed by atoms with Crippen molar-refractivity contribution in [1.29, 1.82) is 0 Å². The van der Waals surface area contributed by atoms with E-state index in [9.17, 15) is 18.0 Å². The first-order valence-corrected chi connectivity index (χ1v) is 7.10. The molecule has 16 heavy (non-hydrogen) atoms. The van der Waals surface area contributed by atoms with Gasteiger partial charge >= 0.3 is 11.9 Å². The van der Waals surface area contributed by atoms with Crippen LogP contribution in [0.2, 0.25) is 0 Å². The quantitative estimate of drug-likeness (QED) is 0.481. The van der Waals surface area contributed by atoms with Gasteiger partial charge in [-0.05, 0) is 11.8 Å². The van der Waals surface area contributed by atoms with Crippen LogP contribution in [0.5, 0.6) is 0 Å². The highest BCUT2D eigenvalue weighted by molar-refractivity contribution is 7.91. The molecule has 0 bridgehead atoms. The average Bonchev–Trinajstić information content (AvgIpc) is 2.51. The summed E-state index contributed by atoms with van der Waals surface area (Å²) in [6.07, 6.45) is 0. The summed E-state index contributed by atoms with van der Waals surface area (Å²) in [5, 5.41) is 0. The Morgan fingerprint density at radius 3 is 2.12 bits per heavy atom. The van der Waals surface area contributed by atoms with Crippen LogP contribution in [0, 0.1) is 23.7 Å². The van der Waals surface area contributed by atoms with Gasteiger partial charge in [-0.1, -0.05) is 13.8 Å². The van der Waals surface area contributed by atoms with Crippen LogP contribution in [-0.2, 0) is 24.2 Å². The van der Waals surface area contributed by atoms with Gasteiger partial charge in [-0.25, -0.2) is 8.42 Å². The van der Waals surface area contributed by atoms with Gasteiger partial charge in [0.15, 0.2) is 9.84 Å². The molecule has 0 aromatic carbocycles. The number of hydrogen-bond donors (Lipinski definition) is 0. The highest BCUT2D eigenvalue weighted by Gasteiger charge is 2.51. The third-order valence-electron chi connectivity index (χ3n) is 3.54. The smallest absolute Gasteiger partial charge is 0.317 e. The Kier molecular flexibility index (Phi) is 2.57. The molecule has 0 saturated carbocycles. The van der Waals surface area contributed by atoms with Crippen molar-refractivity contribution in [3.63, 3.8) is 0 Å². The van der Waals surface area contributed by atoms with E-state index in [0.717, 1.165) is 0 Å². The molecule has 0 N–H and O–H groups in total. The monoisotopic (exact) mass is 246 g/mol. The second-order valence-corrected chi connectivity index (χ2v) is 6.93. The maximum atomic E-state index is 11.5.